The summed E-state index contributed by atoms with van der Waals surface area (Å²) in [6.07, 6.45) is 8.05. The Kier molecular flexibility index (Phi) is 4.51. The molecule has 0 aromatic heterocycles. The molecule has 1 fully saturated rings. The van der Waals surface area contributed by atoms with E-state index in [9.17, 15) is 0 Å². The Morgan fingerprint density at radius 3 is 2.61 bits per heavy atom. The smallest absolute Gasteiger partial charge is 0.0579 e. The van der Waals surface area contributed by atoms with Crippen LogP contribution in [0.2, 0.25) is 0 Å². The van der Waals surface area contributed by atoms with Gasteiger partial charge in [-0.05, 0) is 50.2 Å². The van der Waals surface area contributed by atoms with Crippen LogP contribution in [-0.2, 0) is 0 Å². The van der Waals surface area contributed by atoms with Crippen molar-refractivity contribution >= 4 is 11.4 Å². The topological polar surface area (TPSA) is 38.0 Å². The third kappa shape index (κ3) is 3.18. The van der Waals surface area contributed by atoms with Gasteiger partial charge in [-0.25, -0.2) is 0 Å². The Morgan fingerprint density at radius 2 is 1.94 bits per heavy atom. The predicted molar refractivity (Wildman–Crippen MR) is 79.9 cm³/mol. The molecule has 0 atom stereocenters. The molecule has 0 saturated heterocycles. The number of nitrogens with two attached hydrogens (primary N) is 1. The first-order valence-electron chi connectivity index (χ1n) is 7.32. The maximum Gasteiger partial charge on any atom is 0.0579 e. The molecule has 0 unspecified atom stereocenters. The highest BCUT2D eigenvalue weighted by atomic mass is 14.9. The van der Waals surface area contributed by atoms with Crippen LogP contribution in [0.25, 0.3) is 0 Å². The SMILES string of the molecule is CCCC1CCC(Nc2cccc(C)c2N)CC1. The minimum Gasteiger partial charge on any atom is -0.397 e. The summed E-state index contributed by atoms with van der Waals surface area (Å²) in [6, 6.07) is 6.86. The lowest BCUT2D eigenvalue weighted by molar-refractivity contribution is 0.319. The number of anilines is 2. The van der Waals surface area contributed by atoms with Crippen LogP contribution in [0.3, 0.4) is 0 Å². The van der Waals surface area contributed by atoms with E-state index in [4.69, 9.17) is 5.73 Å². The van der Waals surface area contributed by atoms with E-state index in [-0.39, 0.29) is 0 Å². The molecular weight excluding hydrogens is 220 g/mol. The van der Waals surface area contributed by atoms with Crippen molar-refractivity contribution in [2.45, 2.75) is 58.4 Å². The van der Waals surface area contributed by atoms with E-state index in [0.717, 1.165) is 17.3 Å². The summed E-state index contributed by atoms with van der Waals surface area (Å²) >= 11 is 0. The Hall–Kier alpha value is -1.18. The third-order valence-corrected chi connectivity index (χ3v) is 4.23. The van der Waals surface area contributed by atoms with Gasteiger partial charge in [-0.1, -0.05) is 31.9 Å². The van der Waals surface area contributed by atoms with E-state index >= 15 is 0 Å². The first-order chi connectivity index (χ1) is 8.70. The van der Waals surface area contributed by atoms with Crippen LogP contribution < -0.4 is 11.1 Å². The van der Waals surface area contributed by atoms with Crippen LogP contribution in [0.1, 0.15) is 51.0 Å². The summed E-state index contributed by atoms with van der Waals surface area (Å²) in [5, 5.41) is 3.63. The first kappa shape index (κ1) is 13.3. The lowest BCUT2D eigenvalue weighted by Gasteiger charge is -2.30. The Balaban J connectivity index is 1.90. The zero-order valence-corrected chi connectivity index (χ0v) is 11.7. The number of benzene rings is 1. The first-order valence-corrected chi connectivity index (χ1v) is 7.32. The monoisotopic (exact) mass is 246 g/mol. The molecule has 1 aromatic rings. The van der Waals surface area contributed by atoms with Crippen molar-refractivity contribution in [3.05, 3.63) is 23.8 Å². The fourth-order valence-electron chi connectivity index (χ4n) is 3.03. The Bertz CT molecular complexity index is 379. The second-order valence-corrected chi connectivity index (χ2v) is 5.69. The summed E-state index contributed by atoms with van der Waals surface area (Å²) < 4.78 is 0. The number of para-hydroxylation sites is 1. The fraction of sp³-hybridized carbons (Fsp3) is 0.625. The summed E-state index contributed by atoms with van der Waals surface area (Å²) in [6.45, 7) is 4.36. The molecule has 1 saturated carbocycles. The van der Waals surface area contributed by atoms with Gasteiger partial charge < -0.3 is 11.1 Å². The molecule has 2 rings (SSSR count). The zero-order valence-electron chi connectivity index (χ0n) is 11.7. The standard InChI is InChI=1S/C16H26N2/c1-3-5-13-8-10-14(11-9-13)18-15-7-4-6-12(2)16(15)17/h4,6-7,13-14,18H,3,5,8-11,17H2,1-2H3. The second kappa shape index (κ2) is 6.12. The van der Waals surface area contributed by atoms with Gasteiger partial charge in [-0.15, -0.1) is 0 Å². The van der Waals surface area contributed by atoms with Gasteiger partial charge in [-0.2, -0.15) is 0 Å². The van der Waals surface area contributed by atoms with E-state index in [1.807, 2.05) is 0 Å². The fourth-order valence-corrected chi connectivity index (χ4v) is 3.03. The maximum atomic E-state index is 6.11. The Morgan fingerprint density at radius 1 is 1.22 bits per heavy atom. The van der Waals surface area contributed by atoms with Crippen LogP contribution >= 0.6 is 0 Å². The minimum absolute atomic E-state index is 0.613. The average Bonchev–Trinajstić information content (AvgIpc) is 2.38. The van der Waals surface area contributed by atoms with E-state index < -0.39 is 0 Å². The van der Waals surface area contributed by atoms with Gasteiger partial charge in [0.15, 0.2) is 0 Å². The Labute approximate surface area is 111 Å². The average molecular weight is 246 g/mol. The molecule has 0 spiro atoms. The molecule has 3 N–H and O–H groups in total. The lowest BCUT2D eigenvalue weighted by atomic mass is 9.83. The third-order valence-electron chi connectivity index (χ3n) is 4.23. The molecule has 0 aliphatic heterocycles. The molecule has 1 aliphatic carbocycles. The van der Waals surface area contributed by atoms with Crippen LogP contribution in [0.15, 0.2) is 18.2 Å². The van der Waals surface area contributed by atoms with E-state index in [2.05, 4.69) is 37.4 Å². The van der Waals surface area contributed by atoms with Crippen molar-refractivity contribution in [3.63, 3.8) is 0 Å². The summed E-state index contributed by atoms with van der Waals surface area (Å²) in [7, 11) is 0. The van der Waals surface area contributed by atoms with Gasteiger partial charge in [0.05, 0.1) is 11.4 Å². The molecule has 18 heavy (non-hydrogen) atoms. The predicted octanol–water partition coefficient (Wildman–Crippen LogP) is 4.35. The van der Waals surface area contributed by atoms with Gasteiger partial charge in [-0.3, -0.25) is 0 Å². The molecule has 0 amide bonds. The van der Waals surface area contributed by atoms with Crippen molar-refractivity contribution in [2.24, 2.45) is 5.92 Å². The van der Waals surface area contributed by atoms with Gasteiger partial charge in [0, 0.05) is 6.04 Å². The summed E-state index contributed by atoms with van der Waals surface area (Å²) in [4.78, 5) is 0. The van der Waals surface area contributed by atoms with E-state index in [1.54, 1.807) is 0 Å². The van der Waals surface area contributed by atoms with Crippen molar-refractivity contribution in [1.82, 2.24) is 0 Å². The largest absolute Gasteiger partial charge is 0.397 e. The van der Waals surface area contributed by atoms with E-state index in [0.29, 0.717) is 6.04 Å². The molecule has 0 heterocycles. The number of hydrogen-bond acceptors (Lipinski definition) is 2. The number of rotatable bonds is 4. The number of hydrogen-bond donors (Lipinski definition) is 2. The van der Waals surface area contributed by atoms with Crippen molar-refractivity contribution < 1.29 is 0 Å². The highest BCUT2D eigenvalue weighted by Crippen LogP contribution is 2.31. The molecule has 2 nitrogen and oxygen atoms in total. The maximum absolute atomic E-state index is 6.11. The lowest BCUT2D eigenvalue weighted by Crippen LogP contribution is -2.26. The molecule has 0 radical (unpaired) electrons. The van der Waals surface area contributed by atoms with Gasteiger partial charge >= 0.3 is 0 Å². The number of nitrogens with one attached hydrogen (secondary N) is 1. The van der Waals surface area contributed by atoms with E-state index in [1.165, 1.54) is 44.1 Å². The summed E-state index contributed by atoms with van der Waals surface area (Å²) in [5.74, 6) is 0.961. The van der Waals surface area contributed by atoms with Crippen LogP contribution in [0.4, 0.5) is 11.4 Å². The molecule has 1 aliphatic rings. The minimum atomic E-state index is 0.613. The summed E-state index contributed by atoms with van der Waals surface area (Å²) in [5.41, 5.74) is 9.31. The second-order valence-electron chi connectivity index (χ2n) is 5.69. The quantitative estimate of drug-likeness (QED) is 0.775. The highest BCUT2D eigenvalue weighted by Gasteiger charge is 2.20. The van der Waals surface area contributed by atoms with Gasteiger partial charge in [0.25, 0.3) is 0 Å². The number of nitrogen functional groups attached to an aromatic ring is 1. The van der Waals surface area contributed by atoms with Crippen LogP contribution in [-0.4, -0.2) is 6.04 Å². The van der Waals surface area contributed by atoms with Crippen LogP contribution in [0, 0.1) is 12.8 Å². The molecule has 0 bridgehead atoms. The van der Waals surface area contributed by atoms with Crippen molar-refractivity contribution in [3.8, 4) is 0 Å². The van der Waals surface area contributed by atoms with Crippen molar-refractivity contribution in [2.75, 3.05) is 11.1 Å². The molecular formula is C16H26N2. The van der Waals surface area contributed by atoms with Gasteiger partial charge in [0.2, 0.25) is 0 Å². The molecule has 1 aromatic carbocycles. The zero-order chi connectivity index (χ0) is 13.0. The number of aryl methyl sites for hydroxylation is 1. The van der Waals surface area contributed by atoms with Gasteiger partial charge in [0.1, 0.15) is 0 Å². The van der Waals surface area contributed by atoms with Crippen molar-refractivity contribution in [1.29, 1.82) is 0 Å². The normalized spacial score (nSPS) is 23.9. The van der Waals surface area contributed by atoms with Crippen LogP contribution in [0.5, 0.6) is 0 Å². The molecule has 2 heteroatoms. The highest BCUT2D eigenvalue weighted by molar-refractivity contribution is 5.69. The molecule has 100 valence electrons.